The fraction of sp³-hybridized carbons (Fsp3) is 0.429. The number of hydrogen-bond donors (Lipinski definition) is 0. The van der Waals surface area contributed by atoms with E-state index in [-0.39, 0.29) is 11.8 Å². The summed E-state index contributed by atoms with van der Waals surface area (Å²) in [5.74, 6) is 0.408. The van der Waals surface area contributed by atoms with Crippen LogP contribution in [-0.4, -0.2) is 12.1 Å². The minimum absolute atomic E-state index is 0.106. The van der Waals surface area contributed by atoms with Crippen LogP contribution in [0.15, 0.2) is 30.3 Å². The molecule has 1 aliphatic carbocycles. The summed E-state index contributed by atoms with van der Waals surface area (Å²) in [6.45, 7) is 0. The van der Waals surface area contributed by atoms with Crippen LogP contribution < -0.4 is 0 Å². The van der Waals surface area contributed by atoms with Crippen LogP contribution in [0, 0.1) is 5.92 Å². The van der Waals surface area contributed by atoms with Gasteiger partial charge in [-0.15, -0.1) is 0 Å². The molecule has 0 spiro atoms. The molecule has 1 saturated carbocycles. The van der Waals surface area contributed by atoms with E-state index in [1.807, 2.05) is 30.3 Å². The summed E-state index contributed by atoms with van der Waals surface area (Å²) >= 11 is 0. The van der Waals surface area contributed by atoms with E-state index in [1.54, 1.807) is 0 Å². The molecule has 0 amide bonds. The van der Waals surface area contributed by atoms with E-state index in [2.05, 4.69) is 0 Å². The molecular weight excluding hydrogens is 200 g/mol. The van der Waals surface area contributed by atoms with Crippen molar-refractivity contribution in [2.45, 2.75) is 31.6 Å². The molecule has 84 valence electrons. The fourth-order valence-electron chi connectivity index (χ4n) is 2.50. The van der Waals surface area contributed by atoms with E-state index in [9.17, 15) is 9.59 Å². The lowest BCUT2D eigenvalue weighted by Crippen LogP contribution is -2.22. The monoisotopic (exact) mass is 216 g/mol. The molecule has 1 aromatic carbocycles. The second-order valence-electron chi connectivity index (χ2n) is 4.47. The highest BCUT2D eigenvalue weighted by molar-refractivity contribution is 5.80. The lowest BCUT2D eigenvalue weighted by atomic mass is 9.77. The van der Waals surface area contributed by atoms with Crippen molar-refractivity contribution >= 4 is 12.1 Å². The molecule has 0 radical (unpaired) electrons. The van der Waals surface area contributed by atoms with Crippen LogP contribution in [0.2, 0.25) is 0 Å². The first-order chi connectivity index (χ1) is 7.81. The van der Waals surface area contributed by atoms with Gasteiger partial charge in [0, 0.05) is 18.8 Å². The van der Waals surface area contributed by atoms with Crippen molar-refractivity contribution in [1.29, 1.82) is 0 Å². The standard InChI is InChI=1S/C14H16O2/c15-10-14(11-5-2-1-3-6-11)12-7-4-8-13(16)9-12/h1-3,5-6,10,12,14H,4,7-9H2. The fourth-order valence-corrected chi connectivity index (χ4v) is 2.50. The molecular formula is C14H16O2. The third-order valence-corrected chi connectivity index (χ3v) is 3.36. The Kier molecular flexibility index (Phi) is 3.50. The average molecular weight is 216 g/mol. The Labute approximate surface area is 95.7 Å². The van der Waals surface area contributed by atoms with Gasteiger partial charge in [0.15, 0.2) is 0 Å². The zero-order valence-electron chi connectivity index (χ0n) is 9.26. The molecule has 0 saturated heterocycles. The van der Waals surface area contributed by atoms with Crippen LogP contribution in [0.3, 0.4) is 0 Å². The zero-order valence-corrected chi connectivity index (χ0v) is 9.26. The van der Waals surface area contributed by atoms with Crippen LogP contribution in [0.1, 0.15) is 37.2 Å². The second-order valence-corrected chi connectivity index (χ2v) is 4.47. The van der Waals surface area contributed by atoms with E-state index in [1.165, 1.54) is 0 Å². The Balaban J connectivity index is 2.16. The molecule has 0 aliphatic heterocycles. The number of ketones is 1. The summed E-state index contributed by atoms with van der Waals surface area (Å²) in [7, 11) is 0. The number of hydrogen-bond acceptors (Lipinski definition) is 2. The Hall–Kier alpha value is -1.44. The minimum atomic E-state index is -0.106. The summed E-state index contributed by atoms with van der Waals surface area (Å²) in [6, 6.07) is 9.76. The topological polar surface area (TPSA) is 34.1 Å². The van der Waals surface area contributed by atoms with Gasteiger partial charge in [0.2, 0.25) is 0 Å². The highest BCUT2D eigenvalue weighted by atomic mass is 16.1. The predicted molar refractivity (Wildman–Crippen MR) is 62.2 cm³/mol. The highest BCUT2D eigenvalue weighted by Crippen LogP contribution is 2.33. The van der Waals surface area contributed by atoms with Crippen molar-refractivity contribution in [1.82, 2.24) is 0 Å². The maximum Gasteiger partial charge on any atom is 0.133 e. The Morgan fingerprint density at radius 1 is 1.25 bits per heavy atom. The van der Waals surface area contributed by atoms with Crippen LogP contribution >= 0.6 is 0 Å². The van der Waals surface area contributed by atoms with Crippen molar-refractivity contribution < 1.29 is 9.59 Å². The first-order valence-electron chi connectivity index (χ1n) is 5.83. The summed E-state index contributed by atoms with van der Waals surface area (Å²) in [5, 5.41) is 0. The van der Waals surface area contributed by atoms with Crippen molar-refractivity contribution in [3.8, 4) is 0 Å². The number of carbonyl (C=O) groups is 2. The van der Waals surface area contributed by atoms with Crippen molar-refractivity contribution in [2.24, 2.45) is 5.92 Å². The normalized spacial score (nSPS) is 22.8. The summed E-state index contributed by atoms with van der Waals surface area (Å²) in [5.41, 5.74) is 1.04. The van der Waals surface area contributed by atoms with Crippen molar-refractivity contribution in [3.05, 3.63) is 35.9 Å². The van der Waals surface area contributed by atoms with E-state index in [0.717, 1.165) is 24.7 Å². The molecule has 2 atom stereocenters. The van der Waals surface area contributed by atoms with Crippen molar-refractivity contribution in [2.75, 3.05) is 0 Å². The third kappa shape index (κ3) is 2.38. The molecule has 0 N–H and O–H groups in total. The highest BCUT2D eigenvalue weighted by Gasteiger charge is 2.27. The number of benzene rings is 1. The minimum Gasteiger partial charge on any atom is -0.303 e. The quantitative estimate of drug-likeness (QED) is 0.728. The van der Waals surface area contributed by atoms with Crippen LogP contribution in [0.25, 0.3) is 0 Å². The van der Waals surface area contributed by atoms with Gasteiger partial charge in [0.05, 0.1) is 0 Å². The molecule has 1 aromatic rings. The van der Waals surface area contributed by atoms with Gasteiger partial charge in [0.1, 0.15) is 12.1 Å². The Morgan fingerprint density at radius 2 is 2.00 bits per heavy atom. The third-order valence-electron chi connectivity index (χ3n) is 3.36. The van der Waals surface area contributed by atoms with Gasteiger partial charge in [0.25, 0.3) is 0 Å². The van der Waals surface area contributed by atoms with Gasteiger partial charge >= 0.3 is 0 Å². The molecule has 0 heterocycles. The van der Waals surface area contributed by atoms with Gasteiger partial charge in [-0.1, -0.05) is 30.3 Å². The SMILES string of the molecule is O=CC(c1ccccc1)C1CCCC(=O)C1. The van der Waals surface area contributed by atoms with E-state index in [0.29, 0.717) is 18.6 Å². The smallest absolute Gasteiger partial charge is 0.133 e. The first-order valence-corrected chi connectivity index (χ1v) is 5.83. The van der Waals surface area contributed by atoms with Crippen molar-refractivity contribution in [3.63, 3.8) is 0 Å². The maximum atomic E-state index is 11.4. The molecule has 16 heavy (non-hydrogen) atoms. The maximum absolute atomic E-state index is 11.4. The molecule has 2 unspecified atom stereocenters. The van der Waals surface area contributed by atoms with Crippen LogP contribution in [0.5, 0.6) is 0 Å². The number of Topliss-reactive ketones (excluding diaryl/α,β-unsaturated/α-hetero) is 1. The molecule has 2 rings (SSSR count). The molecule has 2 nitrogen and oxygen atoms in total. The van der Waals surface area contributed by atoms with E-state index in [4.69, 9.17) is 0 Å². The predicted octanol–water partition coefficient (Wildman–Crippen LogP) is 2.73. The first kappa shape index (κ1) is 11.1. The molecule has 1 aliphatic rings. The summed E-state index contributed by atoms with van der Waals surface area (Å²) in [6.07, 6.45) is 4.18. The van der Waals surface area contributed by atoms with Gasteiger partial charge in [-0.2, -0.15) is 0 Å². The molecule has 0 aromatic heterocycles. The summed E-state index contributed by atoms with van der Waals surface area (Å²) in [4.78, 5) is 22.6. The van der Waals surface area contributed by atoms with Gasteiger partial charge < -0.3 is 4.79 Å². The number of carbonyl (C=O) groups excluding carboxylic acids is 2. The number of rotatable bonds is 3. The summed E-state index contributed by atoms with van der Waals surface area (Å²) < 4.78 is 0. The Bertz CT molecular complexity index is 370. The molecule has 2 heteroatoms. The van der Waals surface area contributed by atoms with Gasteiger partial charge in [-0.3, -0.25) is 4.79 Å². The Morgan fingerprint density at radius 3 is 2.62 bits per heavy atom. The zero-order chi connectivity index (χ0) is 11.4. The lowest BCUT2D eigenvalue weighted by molar-refractivity contribution is -0.122. The van der Waals surface area contributed by atoms with Crippen LogP contribution in [-0.2, 0) is 9.59 Å². The molecule has 0 bridgehead atoms. The lowest BCUT2D eigenvalue weighted by Gasteiger charge is -2.26. The number of aldehydes is 1. The van der Waals surface area contributed by atoms with Crippen LogP contribution in [0.4, 0.5) is 0 Å². The molecule has 1 fully saturated rings. The largest absolute Gasteiger partial charge is 0.303 e. The second kappa shape index (κ2) is 5.06. The van der Waals surface area contributed by atoms with Gasteiger partial charge in [-0.25, -0.2) is 0 Å². The van der Waals surface area contributed by atoms with E-state index < -0.39 is 0 Å². The average Bonchev–Trinajstić information content (AvgIpc) is 2.31. The van der Waals surface area contributed by atoms with Gasteiger partial charge in [-0.05, 0) is 24.3 Å². The van der Waals surface area contributed by atoms with E-state index >= 15 is 0 Å².